The first kappa shape index (κ1) is 12.9. The number of carbonyl (C=O) groups excluding carboxylic acids is 1. The number of hydrogen-bond donors (Lipinski definition) is 2. The van der Waals surface area contributed by atoms with E-state index < -0.39 is 0 Å². The number of aromatic nitrogens is 1. The van der Waals surface area contributed by atoms with E-state index in [1.807, 2.05) is 18.2 Å². The number of aromatic amines is 1. The quantitative estimate of drug-likeness (QED) is 0.909. The lowest BCUT2D eigenvalue weighted by Crippen LogP contribution is -2.25. The molecule has 5 nitrogen and oxygen atoms in total. The predicted molar refractivity (Wildman–Crippen MR) is 74.4 cm³/mol. The van der Waals surface area contributed by atoms with Gasteiger partial charge in [-0.15, -0.1) is 0 Å². The molecule has 1 aromatic carbocycles. The molecule has 2 aromatic rings. The molecule has 1 aliphatic heterocycles. The van der Waals surface area contributed by atoms with Crippen LogP contribution in [0, 0.1) is 0 Å². The highest BCUT2D eigenvalue weighted by Gasteiger charge is 2.13. The number of rotatable bonds is 4. The summed E-state index contributed by atoms with van der Waals surface area (Å²) in [6.45, 7) is 0.804. The number of halogens is 1. The molecule has 104 valence electrons. The summed E-state index contributed by atoms with van der Waals surface area (Å²) < 4.78 is 10.6. The van der Waals surface area contributed by atoms with E-state index in [9.17, 15) is 4.79 Å². The number of benzene rings is 1. The van der Waals surface area contributed by atoms with Crippen LogP contribution < -0.4 is 14.8 Å². The summed E-state index contributed by atoms with van der Waals surface area (Å²) in [5, 5.41) is 3.35. The van der Waals surface area contributed by atoms with Crippen LogP contribution in [0.25, 0.3) is 0 Å². The van der Waals surface area contributed by atoms with Gasteiger partial charge >= 0.3 is 0 Å². The summed E-state index contributed by atoms with van der Waals surface area (Å²) in [5.74, 6) is 1.35. The zero-order valence-corrected chi connectivity index (χ0v) is 11.4. The van der Waals surface area contributed by atoms with Crippen LogP contribution in [0.2, 0.25) is 5.02 Å². The molecule has 0 saturated carbocycles. The van der Waals surface area contributed by atoms with Crippen molar-refractivity contribution < 1.29 is 14.3 Å². The van der Waals surface area contributed by atoms with Crippen molar-refractivity contribution in [1.82, 2.24) is 10.3 Å². The Bertz CT molecular complexity index is 639. The SMILES string of the molecule is O=C(NCCc1ccc2c(c1)OCO2)c1cc(Cl)c[nH]1. The number of carbonyl (C=O) groups is 1. The van der Waals surface area contributed by atoms with Crippen LogP contribution in [0.15, 0.2) is 30.5 Å². The van der Waals surface area contributed by atoms with Gasteiger partial charge in [-0.05, 0) is 30.2 Å². The van der Waals surface area contributed by atoms with Gasteiger partial charge in [0, 0.05) is 12.7 Å². The summed E-state index contributed by atoms with van der Waals surface area (Å²) in [7, 11) is 0. The molecule has 0 fully saturated rings. The molecule has 0 spiro atoms. The molecular weight excluding hydrogens is 280 g/mol. The molecule has 0 radical (unpaired) electrons. The summed E-state index contributed by atoms with van der Waals surface area (Å²) in [5.41, 5.74) is 1.54. The second-order valence-corrected chi connectivity index (χ2v) is 4.86. The lowest BCUT2D eigenvalue weighted by Gasteiger charge is -2.05. The van der Waals surface area contributed by atoms with E-state index in [0.717, 1.165) is 23.5 Å². The van der Waals surface area contributed by atoms with E-state index in [4.69, 9.17) is 21.1 Å². The van der Waals surface area contributed by atoms with E-state index >= 15 is 0 Å². The third-order valence-corrected chi connectivity index (χ3v) is 3.25. The van der Waals surface area contributed by atoms with Crippen LogP contribution in [0.5, 0.6) is 11.5 Å². The fourth-order valence-corrected chi connectivity index (χ4v) is 2.17. The summed E-state index contributed by atoms with van der Waals surface area (Å²) in [4.78, 5) is 14.6. The van der Waals surface area contributed by atoms with Gasteiger partial charge in [-0.25, -0.2) is 0 Å². The number of H-pyrrole nitrogens is 1. The highest BCUT2D eigenvalue weighted by molar-refractivity contribution is 6.30. The van der Waals surface area contributed by atoms with E-state index in [1.54, 1.807) is 12.3 Å². The van der Waals surface area contributed by atoms with Crippen molar-refractivity contribution in [2.75, 3.05) is 13.3 Å². The Balaban J connectivity index is 1.54. The van der Waals surface area contributed by atoms with Crippen LogP contribution in [0.3, 0.4) is 0 Å². The van der Waals surface area contributed by atoms with Gasteiger partial charge in [0.15, 0.2) is 11.5 Å². The summed E-state index contributed by atoms with van der Waals surface area (Å²) in [6.07, 6.45) is 2.30. The third kappa shape index (κ3) is 2.72. The van der Waals surface area contributed by atoms with Crippen molar-refractivity contribution in [3.8, 4) is 11.5 Å². The molecule has 0 unspecified atom stereocenters. The molecule has 2 heterocycles. The second kappa shape index (κ2) is 5.46. The van der Waals surface area contributed by atoms with Crippen LogP contribution in [0.4, 0.5) is 0 Å². The molecule has 0 aliphatic carbocycles. The van der Waals surface area contributed by atoms with Gasteiger partial charge in [0.1, 0.15) is 5.69 Å². The van der Waals surface area contributed by atoms with Crippen molar-refractivity contribution >= 4 is 17.5 Å². The first-order valence-electron chi connectivity index (χ1n) is 6.23. The van der Waals surface area contributed by atoms with Gasteiger partial charge in [0.05, 0.1) is 5.02 Å². The standard InChI is InChI=1S/C14H13ClN2O3/c15-10-6-11(17-7-10)14(18)16-4-3-9-1-2-12-13(5-9)20-8-19-12/h1-2,5-7,17H,3-4,8H2,(H,16,18). The minimum atomic E-state index is -0.169. The number of hydrogen-bond acceptors (Lipinski definition) is 3. The van der Waals surface area contributed by atoms with Crippen molar-refractivity contribution in [3.05, 3.63) is 46.7 Å². The van der Waals surface area contributed by atoms with Gasteiger partial charge in [-0.2, -0.15) is 0 Å². The predicted octanol–water partition coefficient (Wildman–Crippen LogP) is 2.37. The number of nitrogens with one attached hydrogen (secondary N) is 2. The number of ether oxygens (including phenoxy) is 2. The fraction of sp³-hybridized carbons (Fsp3) is 0.214. The smallest absolute Gasteiger partial charge is 0.267 e. The average molecular weight is 293 g/mol. The van der Waals surface area contributed by atoms with Crippen molar-refractivity contribution in [2.45, 2.75) is 6.42 Å². The maximum absolute atomic E-state index is 11.8. The number of amides is 1. The summed E-state index contributed by atoms with van der Waals surface area (Å²) >= 11 is 5.75. The average Bonchev–Trinajstić information content (AvgIpc) is 3.06. The topological polar surface area (TPSA) is 63.4 Å². The minimum absolute atomic E-state index is 0.169. The highest BCUT2D eigenvalue weighted by Crippen LogP contribution is 2.32. The second-order valence-electron chi connectivity index (χ2n) is 4.43. The summed E-state index contributed by atoms with van der Waals surface area (Å²) in [6, 6.07) is 7.37. The third-order valence-electron chi connectivity index (χ3n) is 3.03. The van der Waals surface area contributed by atoms with Gasteiger partial charge in [-0.3, -0.25) is 4.79 Å². The molecule has 1 aliphatic rings. The van der Waals surface area contributed by atoms with E-state index in [0.29, 0.717) is 17.3 Å². The lowest BCUT2D eigenvalue weighted by molar-refractivity contribution is 0.0950. The first-order chi connectivity index (χ1) is 9.72. The van der Waals surface area contributed by atoms with E-state index in [1.165, 1.54) is 0 Å². The van der Waals surface area contributed by atoms with Gasteiger partial charge in [0.25, 0.3) is 5.91 Å². The van der Waals surface area contributed by atoms with Crippen molar-refractivity contribution in [3.63, 3.8) is 0 Å². The van der Waals surface area contributed by atoms with Gasteiger partial charge in [-0.1, -0.05) is 17.7 Å². The molecule has 20 heavy (non-hydrogen) atoms. The Morgan fingerprint density at radius 3 is 2.95 bits per heavy atom. The molecule has 2 N–H and O–H groups in total. The van der Waals surface area contributed by atoms with Crippen LogP contribution >= 0.6 is 11.6 Å². The molecule has 0 atom stereocenters. The Kier molecular flexibility index (Phi) is 3.52. The minimum Gasteiger partial charge on any atom is -0.454 e. The van der Waals surface area contributed by atoms with Gasteiger partial charge in [0.2, 0.25) is 6.79 Å². The van der Waals surface area contributed by atoms with E-state index in [2.05, 4.69) is 10.3 Å². The molecule has 3 rings (SSSR count). The van der Waals surface area contributed by atoms with E-state index in [-0.39, 0.29) is 12.7 Å². The van der Waals surface area contributed by atoms with Crippen LogP contribution in [-0.2, 0) is 6.42 Å². The maximum atomic E-state index is 11.8. The molecule has 0 bridgehead atoms. The van der Waals surface area contributed by atoms with Crippen LogP contribution in [-0.4, -0.2) is 24.2 Å². The maximum Gasteiger partial charge on any atom is 0.267 e. The fourth-order valence-electron chi connectivity index (χ4n) is 2.01. The molecule has 1 aromatic heterocycles. The van der Waals surface area contributed by atoms with Gasteiger partial charge < -0.3 is 19.8 Å². The highest BCUT2D eigenvalue weighted by atomic mass is 35.5. The Hall–Kier alpha value is -2.14. The molecule has 0 saturated heterocycles. The Morgan fingerprint density at radius 1 is 1.30 bits per heavy atom. The molecule has 1 amide bonds. The van der Waals surface area contributed by atoms with Crippen molar-refractivity contribution in [1.29, 1.82) is 0 Å². The largest absolute Gasteiger partial charge is 0.454 e. The Morgan fingerprint density at radius 2 is 2.15 bits per heavy atom. The lowest BCUT2D eigenvalue weighted by atomic mass is 10.1. The Labute approximate surface area is 120 Å². The normalized spacial score (nSPS) is 12.4. The monoisotopic (exact) mass is 292 g/mol. The molecule has 6 heteroatoms. The van der Waals surface area contributed by atoms with Crippen molar-refractivity contribution in [2.24, 2.45) is 0 Å². The number of fused-ring (bicyclic) bond motifs is 1. The van der Waals surface area contributed by atoms with Crippen LogP contribution in [0.1, 0.15) is 16.1 Å². The zero-order chi connectivity index (χ0) is 13.9. The molecular formula is C14H13ClN2O3. The first-order valence-corrected chi connectivity index (χ1v) is 6.61. The zero-order valence-electron chi connectivity index (χ0n) is 10.6.